The molecule has 1 atom stereocenters. The predicted molar refractivity (Wildman–Crippen MR) is 111 cm³/mol. The number of carbonyl (C=O) groups excluding carboxylic acids is 1. The number of halogens is 2. The molecule has 0 radical (unpaired) electrons. The molecule has 0 aliphatic carbocycles. The molecule has 1 N–H and O–H groups in total. The van der Waals surface area contributed by atoms with E-state index in [0.717, 1.165) is 11.3 Å². The second kappa shape index (κ2) is 8.43. The van der Waals surface area contributed by atoms with E-state index in [1.807, 2.05) is 12.1 Å². The third kappa shape index (κ3) is 4.45. The smallest absolute Gasteiger partial charge is 0.252 e. The van der Waals surface area contributed by atoms with E-state index in [2.05, 4.69) is 20.4 Å². The zero-order valence-electron chi connectivity index (χ0n) is 15.0. The van der Waals surface area contributed by atoms with Gasteiger partial charge in [0, 0.05) is 16.8 Å². The lowest BCUT2D eigenvalue weighted by atomic mass is 10.0. The zero-order valence-corrected chi connectivity index (χ0v) is 16.5. The highest BCUT2D eigenvalue weighted by molar-refractivity contribution is 6.30. The van der Waals surface area contributed by atoms with Crippen molar-refractivity contribution in [2.24, 2.45) is 0 Å². The van der Waals surface area contributed by atoms with Gasteiger partial charge in [-0.15, -0.1) is 0 Å². The predicted octanol–water partition coefficient (Wildman–Crippen LogP) is 4.49. The summed E-state index contributed by atoms with van der Waals surface area (Å²) in [6.07, 6.45) is 4.60. The van der Waals surface area contributed by atoms with E-state index in [4.69, 9.17) is 23.2 Å². The van der Waals surface area contributed by atoms with E-state index < -0.39 is 6.04 Å². The van der Waals surface area contributed by atoms with Crippen LogP contribution in [0.25, 0.3) is 5.69 Å². The Kier molecular flexibility index (Phi) is 5.55. The van der Waals surface area contributed by atoms with Gasteiger partial charge in [-0.25, -0.2) is 9.67 Å². The summed E-state index contributed by atoms with van der Waals surface area (Å²) >= 11 is 12.0. The van der Waals surface area contributed by atoms with Gasteiger partial charge in [0.25, 0.3) is 5.91 Å². The van der Waals surface area contributed by atoms with Crippen molar-refractivity contribution in [3.63, 3.8) is 0 Å². The van der Waals surface area contributed by atoms with Gasteiger partial charge in [0.15, 0.2) is 0 Å². The van der Waals surface area contributed by atoms with E-state index in [0.29, 0.717) is 21.3 Å². The minimum atomic E-state index is -0.452. The second-order valence-electron chi connectivity index (χ2n) is 6.25. The van der Waals surface area contributed by atoms with Gasteiger partial charge in [0.1, 0.15) is 12.7 Å². The number of rotatable bonds is 5. The summed E-state index contributed by atoms with van der Waals surface area (Å²) in [7, 11) is 0. The molecule has 0 bridgehead atoms. The van der Waals surface area contributed by atoms with E-state index in [1.54, 1.807) is 65.7 Å². The van der Waals surface area contributed by atoms with Crippen molar-refractivity contribution in [1.82, 2.24) is 25.1 Å². The van der Waals surface area contributed by atoms with Crippen LogP contribution in [0, 0.1) is 0 Å². The molecule has 4 rings (SSSR count). The van der Waals surface area contributed by atoms with Gasteiger partial charge in [0.05, 0.1) is 22.4 Å². The fourth-order valence-corrected chi connectivity index (χ4v) is 3.10. The molecule has 1 amide bonds. The molecule has 2 aromatic carbocycles. The molecule has 0 aliphatic heterocycles. The Balaban J connectivity index is 1.60. The van der Waals surface area contributed by atoms with Gasteiger partial charge in [-0.05, 0) is 54.1 Å². The van der Waals surface area contributed by atoms with E-state index in [-0.39, 0.29) is 5.91 Å². The molecule has 0 aliphatic rings. The number of benzene rings is 2. The molecule has 4 aromatic rings. The Morgan fingerprint density at radius 3 is 2.28 bits per heavy atom. The molecule has 29 heavy (non-hydrogen) atoms. The van der Waals surface area contributed by atoms with Gasteiger partial charge in [-0.2, -0.15) is 5.10 Å². The Morgan fingerprint density at radius 2 is 1.66 bits per heavy atom. The second-order valence-corrected chi connectivity index (χ2v) is 7.12. The largest absolute Gasteiger partial charge is 0.340 e. The van der Waals surface area contributed by atoms with Gasteiger partial charge in [-0.1, -0.05) is 35.3 Å². The topological polar surface area (TPSA) is 72.7 Å². The van der Waals surface area contributed by atoms with Crippen LogP contribution in [0.1, 0.15) is 27.7 Å². The maximum atomic E-state index is 12.9. The molecular formula is C21H15Cl2N5O. The van der Waals surface area contributed by atoms with Crippen molar-refractivity contribution in [1.29, 1.82) is 0 Å². The zero-order chi connectivity index (χ0) is 20.2. The third-order valence-corrected chi connectivity index (χ3v) is 4.81. The standard InChI is InChI=1S/C21H15Cl2N5O/c22-16-5-1-14(2-6-16)20(19-10-7-17(23)11-25-19)27-21(29)15-3-8-18(9-4-15)28-13-24-12-26-28/h1-13,20H,(H,27,29)/t20-/m0/s1. The van der Waals surface area contributed by atoms with Crippen molar-refractivity contribution < 1.29 is 4.79 Å². The van der Waals surface area contributed by atoms with Gasteiger partial charge >= 0.3 is 0 Å². The lowest BCUT2D eigenvalue weighted by molar-refractivity contribution is 0.0942. The van der Waals surface area contributed by atoms with Crippen molar-refractivity contribution in [3.8, 4) is 5.69 Å². The quantitative estimate of drug-likeness (QED) is 0.513. The number of nitrogens with zero attached hydrogens (tertiary/aromatic N) is 4. The highest BCUT2D eigenvalue weighted by Crippen LogP contribution is 2.24. The van der Waals surface area contributed by atoms with Crippen LogP contribution in [0.3, 0.4) is 0 Å². The molecule has 2 heterocycles. The first kappa shape index (κ1) is 19.1. The molecule has 0 unspecified atom stereocenters. The highest BCUT2D eigenvalue weighted by Gasteiger charge is 2.19. The van der Waals surface area contributed by atoms with Crippen LogP contribution in [0.4, 0.5) is 0 Å². The summed E-state index contributed by atoms with van der Waals surface area (Å²) in [5, 5.41) is 8.26. The molecule has 0 spiro atoms. The monoisotopic (exact) mass is 423 g/mol. The number of hydrogen-bond acceptors (Lipinski definition) is 4. The fraction of sp³-hybridized carbons (Fsp3) is 0.0476. The van der Waals surface area contributed by atoms with Crippen LogP contribution in [0.5, 0.6) is 0 Å². The van der Waals surface area contributed by atoms with Crippen LogP contribution in [-0.2, 0) is 0 Å². The highest BCUT2D eigenvalue weighted by atomic mass is 35.5. The number of amides is 1. The third-order valence-electron chi connectivity index (χ3n) is 4.34. The van der Waals surface area contributed by atoms with E-state index in [9.17, 15) is 4.79 Å². The summed E-state index contributed by atoms with van der Waals surface area (Å²) in [4.78, 5) is 21.2. The van der Waals surface area contributed by atoms with E-state index >= 15 is 0 Å². The Bertz CT molecular complexity index is 1050. The number of carbonyl (C=O) groups is 1. The maximum Gasteiger partial charge on any atom is 0.252 e. The van der Waals surface area contributed by atoms with Crippen LogP contribution in [0.15, 0.2) is 79.5 Å². The lowest BCUT2D eigenvalue weighted by Crippen LogP contribution is -2.30. The van der Waals surface area contributed by atoms with Crippen molar-refractivity contribution in [3.05, 3.63) is 106 Å². The first-order chi connectivity index (χ1) is 14.1. The Morgan fingerprint density at radius 1 is 0.931 bits per heavy atom. The van der Waals surface area contributed by atoms with Crippen LogP contribution < -0.4 is 5.32 Å². The van der Waals surface area contributed by atoms with Crippen LogP contribution in [-0.4, -0.2) is 25.7 Å². The number of pyridine rings is 1. The molecular weight excluding hydrogens is 409 g/mol. The van der Waals surface area contributed by atoms with Gasteiger partial charge in [0.2, 0.25) is 0 Å². The molecule has 0 saturated heterocycles. The van der Waals surface area contributed by atoms with Crippen molar-refractivity contribution >= 4 is 29.1 Å². The molecule has 0 fully saturated rings. The number of nitrogens with one attached hydrogen (secondary N) is 1. The molecule has 0 saturated carbocycles. The maximum absolute atomic E-state index is 12.9. The molecule has 2 aromatic heterocycles. The summed E-state index contributed by atoms with van der Waals surface area (Å²) in [6.45, 7) is 0. The number of hydrogen-bond donors (Lipinski definition) is 1. The minimum Gasteiger partial charge on any atom is -0.340 e. The van der Waals surface area contributed by atoms with E-state index in [1.165, 1.54) is 6.33 Å². The SMILES string of the molecule is O=C(N[C@@H](c1ccc(Cl)cc1)c1ccc(Cl)cn1)c1ccc(-n2cncn2)cc1. The number of aromatic nitrogens is 4. The molecule has 8 heteroatoms. The Labute approximate surface area is 177 Å². The fourth-order valence-electron chi connectivity index (χ4n) is 2.86. The van der Waals surface area contributed by atoms with Crippen molar-refractivity contribution in [2.45, 2.75) is 6.04 Å². The summed E-state index contributed by atoms with van der Waals surface area (Å²) in [5.74, 6) is -0.230. The summed E-state index contributed by atoms with van der Waals surface area (Å²) in [5.41, 5.74) is 2.86. The average molecular weight is 424 g/mol. The van der Waals surface area contributed by atoms with Crippen LogP contribution >= 0.6 is 23.2 Å². The Hall–Kier alpha value is -3.22. The first-order valence-electron chi connectivity index (χ1n) is 8.73. The van der Waals surface area contributed by atoms with Gasteiger partial charge in [-0.3, -0.25) is 9.78 Å². The lowest BCUT2D eigenvalue weighted by Gasteiger charge is -2.19. The van der Waals surface area contributed by atoms with Crippen molar-refractivity contribution in [2.75, 3.05) is 0 Å². The summed E-state index contributed by atoms with van der Waals surface area (Å²) < 4.78 is 1.62. The molecule has 144 valence electrons. The van der Waals surface area contributed by atoms with Gasteiger partial charge < -0.3 is 5.32 Å². The average Bonchev–Trinajstić information content (AvgIpc) is 3.28. The van der Waals surface area contributed by atoms with Crippen LogP contribution in [0.2, 0.25) is 10.0 Å². The summed E-state index contributed by atoms with van der Waals surface area (Å²) in [6, 6.07) is 17.4. The normalized spacial score (nSPS) is 11.8. The minimum absolute atomic E-state index is 0.230. The first-order valence-corrected chi connectivity index (χ1v) is 9.48. The molecule has 6 nitrogen and oxygen atoms in total.